The summed E-state index contributed by atoms with van der Waals surface area (Å²) in [5, 5.41) is 16.5. The average Bonchev–Trinajstić information content (AvgIpc) is 3.30. The highest BCUT2D eigenvalue weighted by atomic mass is 35.5. The van der Waals surface area contributed by atoms with Crippen molar-refractivity contribution in [2.75, 3.05) is 11.1 Å². The van der Waals surface area contributed by atoms with Crippen molar-refractivity contribution in [2.45, 2.75) is 24.0 Å². The third kappa shape index (κ3) is 4.23. The molecule has 32 heavy (non-hydrogen) atoms. The van der Waals surface area contributed by atoms with Crippen molar-refractivity contribution in [3.05, 3.63) is 66.0 Å². The molecule has 0 radical (unpaired) electrons. The monoisotopic (exact) mass is 469 g/mol. The number of amides is 1. The van der Waals surface area contributed by atoms with Gasteiger partial charge in [-0.15, -0.1) is 10.2 Å². The summed E-state index contributed by atoms with van der Waals surface area (Å²) in [6.45, 7) is 0. The molecule has 11 heteroatoms. The highest BCUT2D eigenvalue weighted by molar-refractivity contribution is 7.99. The fourth-order valence-electron chi connectivity index (χ4n) is 3.32. The molecule has 0 atom stereocenters. The van der Waals surface area contributed by atoms with Gasteiger partial charge in [-0.1, -0.05) is 35.5 Å². The van der Waals surface area contributed by atoms with E-state index in [0.717, 1.165) is 12.8 Å². The lowest BCUT2D eigenvalue weighted by Crippen LogP contribution is -2.16. The van der Waals surface area contributed by atoms with Gasteiger partial charge in [-0.2, -0.15) is 5.10 Å². The lowest BCUT2D eigenvalue weighted by Gasteiger charge is -2.12. The maximum atomic E-state index is 14.3. The van der Waals surface area contributed by atoms with Crippen LogP contribution in [0.1, 0.15) is 18.9 Å². The third-order valence-electron chi connectivity index (χ3n) is 4.92. The molecule has 8 nitrogen and oxygen atoms in total. The Hall–Kier alpha value is -3.24. The molecule has 2 aromatic heterocycles. The predicted molar refractivity (Wildman–Crippen MR) is 119 cm³/mol. The van der Waals surface area contributed by atoms with Crippen LogP contribution in [-0.2, 0) is 4.79 Å². The Balaban J connectivity index is 1.34. The molecule has 1 aliphatic rings. The van der Waals surface area contributed by atoms with Gasteiger partial charge in [-0.05, 0) is 43.2 Å². The Bertz CT molecular complexity index is 1270. The van der Waals surface area contributed by atoms with Crippen molar-refractivity contribution < 1.29 is 9.18 Å². The molecule has 0 unspecified atom stereocenters. The van der Waals surface area contributed by atoms with Gasteiger partial charge >= 0.3 is 0 Å². The number of nitrogens with one attached hydrogen (secondary N) is 1. The molecule has 0 aliphatic heterocycles. The van der Waals surface area contributed by atoms with Gasteiger partial charge in [0, 0.05) is 11.1 Å². The van der Waals surface area contributed by atoms with Crippen molar-refractivity contribution in [1.29, 1.82) is 0 Å². The first kappa shape index (κ1) is 20.7. The third-order valence-corrected chi connectivity index (χ3v) is 6.10. The van der Waals surface area contributed by atoms with Crippen LogP contribution in [0.5, 0.6) is 0 Å². The molecular weight excluding hydrogens is 453 g/mol. The van der Waals surface area contributed by atoms with Crippen molar-refractivity contribution in [2.24, 2.45) is 0 Å². The fraction of sp³-hybridized carbons (Fsp3) is 0.190. The molecule has 1 N–H and O–H groups in total. The molecule has 162 valence electrons. The summed E-state index contributed by atoms with van der Waals surface area (Å²) in [5.74, 6) is -0.00301. The van der Waals surface area contributed by atoms with Crippen molar-refractivity contribution in [3.8, 4) is 17.1 Å². The smallest absolute Gasteiger partial charge is 0.234 e. The minimum absolute atomic E-state index is 0.103. The predicted octanol–water partition coefficient (Wildman–Crippen LogP) is 4.38. The van der Waals surface area contributed by atoms with Crippen molar-refractivity contribution in [3.63, 3.8) is 0 Å². The number of aromatic nitrogens is 6. The zero-order chi connectivity index (χ0) is 22.1. The van der Waals surface area contributed by atoms with Gasteiger partial charge in [0.15, 0.2) is 11.0 Å². The molecule has 0 spiro atoms. The highest BCUT2D eigenvalue weighted by Crippen LogP contribution is 2.41. The summed E-state index contributed by atoms with van der Waals surface area (Å²) in [6, 6.07) is 11.8. The first-order valence-electron chi connectivity index (χ1n) is 9.87. The number of hydrogen-bond acceptors (Lipinski definition) is 6. The number of rotatable bonds is 7. The Morgan fingerprint density at radius 2 is 2.06 bits per heavy atom. The largest absolute Gasteiger partial charge is 0.323 e. The van der Waals surface area contributed by atoms with Crippen molar-refractivity contribution in [1.82, 2.24) is 29.5 Å². The van der Waals surface area contributed by atoms with Gasteiger partial charge in [-0.3, -0.25) is 9.36 Å². The Morgan fingerprint density at radius 3 is 2.81 bits per heavy atom. The zero-order valence-corrected chi connectivity index (χ0v) is 18.2. The minimum Gasteiger partial charge on any atom is -0.323 e. The molecule has 1 amide bonds. The minimum atomic E-state index is -0.349. The summed E-state index contributed by atoms with van der Waals surface area (Å²) in [6.07, 6.45) is 4.90. The number of thioether (sulfide) groups is 1. The molecule has 1 saturated carbocycles. The van der Waals surface area contributed by atoms with E-state index in [1.165, 1.54) is 30.5 Å². The van der Waals surface area contributed by atoms with Crippen LogP contribution in [0.4, 0.5) is 10.1 Å². The van der Waals surface area contributed by atoms with Crippen LogP contribution >= 0.6 is 23.4 Å². The second-order valence-corrected chi connectivity index (χ2v) is 8.60. The van der Waals surface area contributed by atoms with E-state index in [0.29, 0.717) is 32.9 Å². The molecule has 0 bridgehead atoms. The zero-order valence-electron chi connectivity index (χ0n) is 16.7. The molecular formula is C21H17ClFN7OS. The SMILES string of the molecule is O=C(CSc1nnc(-c2ccccc2F)n1C1CC1)Nc1cc(Cl)ccc1-n1cncn1. The summed E-state index contributed by atoms with van der Waals surface area (Å²) >= 11 is 7.38. The lowest BCUT2D eigenvalue weighted by molar-refractivity contribution is -0.113. The van der Waals surface area contributed by atoms with Gasteiger partial charge in [0.05, 0.1) is 22.7 Å². The van der Waals surface area contributed by atoms with Crippen LogP contribution in [0.3, 0.4) is 0 Å². The standard InChI is InChI=1S/C21H17ClFN7OS/c22-13-5-8-18(29-12-24-11-25-29)17(9-13)26-19(31)10-32-21-28-27-20(30(21)14-6-7-14)15-3-1-2-4-16(15)23/h1-5,8-9,11-12,14H,6-7,10H2,(H,26,31). The molecule has 2 heterocycles. The molecule has 2 aromatic carbocycles. The maximum absolute atomic E-state index is 14.3. The van der Waals surface area contributed by atoms with E-state index < -0.39 is 0 Å². The van der Waals surface area contributed by atoms with Crippen LogP contribution in [-0.4, -0.2) is 41.2 Å². The molecule has 4 aromatic rings. The normalized spacial score (nSPS) is 13.3. The number of halogens is 2. The van der Waals surface area contributed by atoms with Gasteiger partial charge < -0.3 is 5.32 Å². The Kier molecular flexibility index (Phi) is 5.62. The van der Waals surface area contributed by atoms with Gasteiger partial charge in [0.25, 0.3) is 0 Å². The molecule has 1 fully saturated rings. The average molecular weight is 470 g/mol. The van der Waals surface area contributed by atoms with Crippen LogP contribution in [0.2, 0.25) is 5.02 Å². The number of carbonyl (C=O) groups is 1. The van der Waals surface area contributed by atoms with Gasteiger partial charge in [0.1, 0.15) is 18.5 Å². The van der Waals surface area contributed by atoms with E-state index in [4.69, 9.17) is 11.6 Å². The van der Waals surface area contributed by atoms with E-state index in [-0.39, 0.29) is 23.5 Å². The fourth-order valence-corrected chi connectivity index (χ4v) is 4.30. The quantitative estimate of drug-likeness (QED) is 0.404. The van der Waals surface area contributed by atoms with Gasteiger partial charge in [0.2, 0.25) is 5.91 Å². The summed E-state index contributed by atoms with van der Waals surface area (Å²) in [7, 11) is 0. The summed E-state index contributed by atoms with van der Waals surface area (Å²) in [4.78, 5) is 16.6. The first-order chi connectivity index (χ1) is 15.6. The molecule has 5 rings (SSSR count). The van der Waals surface area contributed by atoms with Gasteiger partial charge in [-0.25, -0.2) is 14.1 Å². The molecule has 1 aliphatic carbocycles. The topological polar surface area (TPSA) is 90.5 Å². The summed E-state index contributed by atoms with van der Waals surface area (Å²) < 4.78 is 17.8. The highest BCUT2D eigenvalue weighted by Gasteiger charge is 2.31. The van der Waals surface area contributed by atoms with Crippen LogP contribution < -0.4 is 5.32 Å². The number of carbonyl (C=O) groups excluding carboxylic acids is 1. The van der Waals surface area contributed by atoms with Crippen LogP contribution in [0.15, 0.2) is 60.3 Å². The first-order valence-corrected chi connectivity index (χ1v) is 11.2. The van der Waals surface area contributed by atoms with E-state index in [9.17, 15) is 9.18 Å². The Labute approximate surface area is 191 Å². The van der Waals surface area contributed by atoms with Crippen LogP contribution in [0.25, 0.3) is 17.1 Å². The van der Waals surface area contributed by atoms with E-state index in [1.54, 1.807) is 41.1 Å². The second kappa shape index (κ2) is 8.71. The van der Waals surface area contributed by atoms with E-state index >= 15 is 0 Å². The summed E-state index contributed by atoms with van der Waals surface area (Å²) in [5.41, 5.74) is 1.57. The maximum Gasteiger partial charge on any atom is 0.234 e. The second-order valence-electron chi connectivity index (χ2n) is 7.23. The molecule has 0 saturated heterocycles. The van der Waals surface area contributed by atoms with Crippen molar-refractivity contribution >= 4 is 35.0 Å². The number of benzene rings is 2. The van der Waals surface area contributed by atoms with Crippen LogP contribution in [0, 0.1) is 5.82 Å². The number of hydrogen-bond donors (Lipinski definition) is 1. The number of anilines is 1. The number of nitrogens with zero attached hydrogens (tertiary/aromatic N) is 6. The Morgan fingerprint density at radius 1 is 1.22 bits per heavy atom. The van der Waals surface area contributed by atoms with E-state index in [1.807, 2.05) is 4.57 Å². The lowest BCUT2D eigenvalue weighted by atomic mass is 10.2. The van der Waals surface area contributed by atoms with E-state index in [2.05, 4.69) is 25.6 Å².